The Labute approximate surface area is 89.0 Å². The zero-order valence-electron chi connectivity index (χ0n) is 8.74. The van der Waals surface area contributed by atoms with Gasteiger partial charge < -0.3 is 9.47 Å². The van der Waals surface area contributed by atoms with Gasteiger partial charge in [0.25, 0.3) is 0 Å². The second kappa shape index (κ2) is 5.71. The van der Waals surface area contributed by atoms with Crippen molar-refractivity contribution in [1.29, 1.82) is 0 Å². The van der Waals surface area contributed by atoms with E-state index in [0.29, 0.717) is 6.42 Å². The Morgan fingerprint density at radius 1 is 1.33 bits per heavy atom. The second-order valence-corrected chi connectivity index (χ2v) is 2.78. The molecule has 78 valence electrons. The highest BCUT2D eigenvalue weighted by atomic mass is 16.5. The first-order valence-corrected chi connectivity index (χ1v) is 4.46. The van der Waals surface area contributed by atoms with Crippen LogP contribution in [0.15, 0.2) is 24.3 Å². The fourth-order valence-corrected chi connectivity index (χ4v) is 1.11. The number of hydrogen-bond acceptors (Lipinski definition) is 3. The summed E-state index contributed by atoms with van der Waals surface area (Å²) in [6.07, 6.45) is 0.471. The fourth-order valence-electron chi connectivity index (χ4n) is 1.11. The van der Waals surface area contributed by atoms with Gasteiger partial charge in [-0.15, -0.1) is 0 Å². The van der Waals surface area contributed by atoms with Gasteiger partial charge in [0.1, 0.15) is 5.75 Å². The number of hydrogen-bond donors (Lipinski definition) is 0. The van der Waals surface area contributed by atoms with Gasteiger partial charge in [0.05, 0.1) is 14.2 Å². The van der Waals surface area contributed by atoms with Crippen molar-refractivity contribution in [3.8, 4) is 17.6 Å². The Morgan fingerprint density at radius 3 is 2.73 bits per heavy atom. The van der Waals surface area contributed by atoms with E-state index in [1.807, 2.05) is 24.3 Å². The Balaban J connectivity index is 2.71. The summed E-state index contributed by atoms with van der Waals surface area (Å²) in [6, 6.07) is 7.55. The number of ether oxygens (including phenoxy) is 2. The quantitative estimate of drug-likeness (QED) is 0.415. The van der Waals surface area contributed by atoms with Crippen LogP contribution in [0.2, 0.25) is 0 Å². The molecule has 0 fully saturated rings. The highest BCUT2D eigenvalue weighted by molar-refractivity contribution is 5.88. The highest BCUT2D eigenvalue weighted by Crippen LogP contribution is 2.16. The Bertz CT molecular complexity index is 399. The van der Waals surface area contributed by atoms with Crippen molar-refractivity contribution in [3.63, 3.8) is 0 Å². The Kier molecular flexibility index (Phi) is 4.24. The predicted octanol–water partition coefficient (Wildman–Crippen LogP) is 1.41. The van der Waals surface area contributed by atoms with Crippen molar-refractivity contribution in [1.82, 2.24) is 0 Å². The monoisotopic (exact) mass is 204 g/mol. The van der Waals surface area contributed by atoms with Crippen LogP contribution in [0.4, 0.5) is 0 Å². The summed E-state index contributed by atoms with van der Waals surface area (Å²) in [5.41, 5.74) is 0.955. The van der Waals surface area contributed by atoms with Gasteiger partial charge in [-0.3, -0.25) is 0 Å². The lowest BCUT2D eigenvalue weighted by Crippen LogP contribution is -1.95. The molecule has 0 bridgehead atoms. The van der Waals surface area contributed by atoms with E-state index in [-0.39, 0.29) is 0 Å². The topological polar surface area (TPSA) is 35.5 Å². The van der Waals surface area contributed by atoms with Crippen LogP contribution in [-0.2, 0) is 16.0 Å². The lowest BCUT2D eigenvalue weighted by Gasteiger charge is -2.03. The summed E-state index contributed by atoms with van der Waals surface area (Å²) >= 11 is 0. The minimum atomic E-state index is -0.523. The van der Waals surface area contributed by atoms with Gasteiger partial charge >= 0.3 is 5.97 Å². The van der Waals surface area contributed by atoms with Crippen LogP contribution < -0.4 is 4.74 Å². The van der Waals surface area contributed by atoms with Crippen LogP contribution in [0, 0.1) is 11.8 Å². The average Bonchev–Trinajstić information content (AvgIpc) is 2.29. The fraction of sp³-hybridized carbons (Fsp3) is 0.250. The first-order valence-electron chi connectivity index (χ1n) is 4.46. The molecule has 0 heterocycles. The highest BCUT2D eigenvalue weighted by Gasteiger charge is 1.98. The molecule has 15 heavy (non-hydrogen) atoms. The molecule has 3 heteroatoms. The molecule has 0 aliphatic carbocycles. The zero-order valence-corrected chi connectivity index (χ0v) is 8.74. The molecule has 1 aromatic rings. The summed E-state index contributed by atoms with van der Waals surface area (Å²) < 4.78 is 9.55. The van der Waals surface area contributed by atoms with Gasteiger partial charge in [-0.2, -0.15) is 0 Å². The van der Waals surface area contributed by atoms with Crippen molar-refractivity contribution in [2.75, 3.05) is 14.2 Å². The zero-order chi connectivity index (χ0) is 11.1. The number of carbonyl (C=O) groups excluding carboxylic acids is 1. The van der Waals surface area contributed by atoms with Crippen LogP contribution in [0.25, 0.3) is 0 Å². The number of methoxy groups -OCH3 is 2. The molecule has 0 aliphatic rings. The van der Waals surface area contributed by atoms with Gasteiger partial charge in [0.2, 0.25) is 0 Å². The smallest absolute Gasteiger partial charge is 0.384 e. The van der Waals surface area contributed by atoms with E-state index in [1.165, 1.54) is 7.11 Å². The Hall–Kier alpha value is -1.95. The third-order valence-corrected chi connectivity index (χ3v) is 1.85. The second-order valence-electron chi connectivity index (χ2n) is 2.78. The number of para-hydroxylation sites is 1. The first kappa shape index (κ1) is 11.1. The summed E-state index contributed by atoms with van der Waals surface area (Å²) in [7, 11) is 2.91. The molecule has 1 rings (SSSR count). The third-order valence-electron chi connectivity index (χ3n) is 1.85. The van der Waals surface area contributed by atoms with Gasteiger partial charge in [0.15, 0.2) is 0 Å². The molecule has 0 radical (unpaired) electrons. The third kappa shape index (κ3) is 3.35. The number of esters is 1. The maximum atomic E-state index is 10.7. The number of benzene rings is 1. The average molecular weight is 204 g/mol. The summed E-state index contributed by atoms with van der Waals surface area (Å²) in [4.78, 5) is 10.7. The maximum Gasteiger partial charge on any atom is 0.384 e. The van der Waals surface area contributed by atoms with Crippen LogP contribution in [0.3, 0.4) is 0 Å². The van der Waals surface area contributed by atoms with Crippen LogP contribution >= 0.6 is 0 Å². The predicted molar refractivity (Wildman–Crippen MR) is 56.5 cm³/mol. The summed E-state index contributed by atoms with van der Waals surface area (Å²) in [5.74, 6) is 5.34. The lowest BCUT2D eigenvalue weighted by molar-refractivity contribution is -0.133. The molecule has 0 atom stereocenters. The van der Waals surface area contributed by atoms with Crippen LogP contribution in [-0.4, -0.2) is 20.2 Å². The molecule has 0 spiro atoms. The largest absolute Gasteiger partial charge is 0.496 e. The number of carbonyl (C=O) groups is 1. The first-order chi connectivity index (χ1) is 7.27. The Morgan fingerprint density at radius 2 is 2.07 bits per heavy atom. The molecular formula is C12H12O3. The van der Waals surface area contributed by atoms with E-state index >= 15 is 0 Å². The van der Waals surface area contributed by atoms with Crippen molar-refractivity contribution in [3.05, 3.63) is 29.8 Å². The number of rotatable bonds is 2. The van der Waals surface area contributed by atoms with Gasteiger partial charge in [-0.05, 0) is 6.07 Å². The van der Waals surface area contributed by atoms with E-state index in [4.69, 9.17) is 4.74 Å². The standard InChI is InChI=1S/C12H12O3/c1-14-11-8-4-3-6-10(11)7-5-9-12(13)15-2/h3-4,6,8H,7H2,1-2H3. The molecule has 3 nitrogen and oxygen atoms in total. The molecule has 0 unspecified atom stereocenters. The SMILES string of the molecule is COC(=O)C#CCc1ccccc1OC. The molecule has 0 aliphatic heterocycles. The molecule has 0 amide bonds. The molecule has 0 N–H and O–H groups in total. The van der Waals surface area contributed by atoms with Crippen molar-refractivity contribution in [2.45, 2.75) is 6.42 Å². The van der Waals surface area contributed by atoms with E-state index in [1.54, 1.807) is 7.11 Å². The summed E-state index contributed by atoms with van der Waals surface area (Å²) in [5, 5.41) is 0. The molecule has 1 aromatic carbocycles. The van der Waals surface area contributed by atoms with E-state index in [0.717, 1.165) is 11.3 Å². The normalized spacial score (nSPS) is 8.67. The van der Waals surface area contributed by atoms with Crippen LogP contribution in [0.5, 0.6) is 5.75 Å². The van der Waals surface area contributed by atoms with Gasteiger partial charge in [0, 0.05) is 17.9 Å². The lowest BCUT2D eigenvalue weighted by atomic mass is 10.1. The van der Waals surface area contributed by atoms with E-state index in [2.05, 4.69) is 16.6 Å². The van der Waals surface area contributed by atoms with Crippen LogP contribution in [0.1, 0.15) is 5.56 Å². The minimum Gasteiger partial charge on any atom is -0.496 e. The molecule has 0 saturated heterocycles. The van der Waals surface area contributed by atoms with Gasteiger partial charge in [-0.1, -0.05) is 24.1 Å². The minimum absolute atomic E-state index is 0.471. The van der Waals surface area contributed by atoms with Crippen molar-refractivity contribution >= 4 is 5.97 Å². The van der Waals surface area contributed by atoms with E-state index < -0.39 is 5.97 Å². The summed E-state index contributed by atoms with van der Waals surface area (Å²) in [6.45, 7) is 0. The van der Waals surface area contributed by atoms with Gasteiger partial charge in [-0.25, -0.2) is 4.79 Å². The molecule has 0 aromatic heterocycles. The van der Waals surface area contributed by atoms with Crippen molar-refractivity contribution in [2.24, 2.45) is 0 Å². The van der Waals surface area contributed by atoms with E-state index in [9.17, 15) is 4.79 Å². The van der Waals surface area contributed by atoms with Crippen molar-refractivity contribution < 1.29 is 14.3 Å². The molecular weight excluding hydrogens is 192 g/mol. The maximum absolute atomic E-state index is 10.7. The molecule has 0 saturated carbocycles.